The number of hydrogen-bond acceptors (Lipinski definition) is 2. The summed E-state index contributed by atoms with van der Waals surface area (Å²) in [5.41, 5.74) is 2.91. The van der Waals surface area contributed by atoms with Crippen LogP contribution in [0.25, 0.3) is 11.1 Å². The van der Waals surface area contributed by atoms with Gasteiger partial charge in [0, 0.05) is 0 Å². The Hall–Kier alpha value is -2.29. The van der Waals surface area contributed by atoms with Gasteiger partial charge < -0.3 is 9.84 Å². The zero-order chi connectivity index (χ0) is 14.1. The van der Waals surface area contributed by atoms with Crippen LogP contribution in [0, 0.1) is 6.92 Å². The van der Waals surface area contributed by atoms with E-state index in [9.17, 15) is 9.90 Å². The highest BCUT2D eigenvalue weighted by Gasteiger charge is 2.23. The largest absolute Gasteiger partial charge is 0.490 e. The lowest BCUT2D eigenvalue weighted by molar-refractivity contribution is 0.0697. The van der Waals surface area contributed by atoms with Gasteiger partial charge in [-0.05, 0) is 49.1 Å². The number of carbonyl (C=O) groups is 1. The van der Waals surface area contributed by atoms with E-state index in [-0.39, 0.29) is 0 Å². The van der Waals surface area contributed by atoms with E-state index in [4.69, 9.17) is 4.74 Å². The Kier molecular flexibility index (Phi) is 3.18. The third-order valence-electron chi connectivity index (χ3n) is 3.40. The SMILES string of the molecule is Cc1ccc(-c2ccc(OC3CC3)cc2)c(C(=O)O)c1. The van der Waals surface area contributed by atoms with Crippen molar-refractivity contribution in [2.75, 3.05) is 0 Å². The minimum absolute atomic E-state index is 0.334. The summed E-state index contributed by atoms with van der Waals surface area (Å²) in [6.07, 6.45) is 2.63. The van der Waals surface area contributed by atoms with Crippen molar-refractivity contribution < 1.29 is 14.6 Å². The van der Waals surface area contributed by atoms with Crippen LogP contribution >= 0.6 is 0 Å². The second-order valence-corrected chi connectivity index (χ2v) is 5.20. The van der Waals surface area contributed by atoms with Gasteiger partial charge in [0.2, 0.25) is 0 Å². The van der Waals surface area contributed by atoms with E-state index in [1.807, 2.05) is 43.3 Å². The highest BCUT2D eigenvalue weighted by molar-refractivity contribution is 5.96. The van der Waals surface area contributed by atoms with Crippen LogP contribution in [0.5, 0.6) is 5.75 Å². The lowest BCUT2D eigenvalue weighted by Gasteiger charge is -2.09. The van der Waals surface area contributed by atoms with E-state index in [2.05, 4.69) is 0 Å². The fraction of sp³-hybridized carbons (Fsp3) is 0.235. The van der Waals surface area contributed by atoms with E-state index in [1.54, 1.807) is 6.07 Å². The van der Waals surface area contributed by atoms with E-state index in [0.29, 0.717) is 11.7 Å². The first-order valence-electron chi connectivity index (χ1n) is 6.74. The zero-order valence-corrected chi connectivity index (χ0v) is 11.3. The maximum absolute atomic E-state index is 11.3. The van der Waals surface area contributed by atoms with Gasteiger partial charge in [-0.3, -0.25) is 0 Å². The number of rotatable bonds is 4. The van der Waals surface area contributed by atoms with E-state index < -0.39 is 5.97 Å². The van der Waals surface area contributed by atoms with Crippen molar-refractivity contribution in [3.63, 3.8) is 0 Å². The molecule has 1 aliphatic rings. The second-order valence-electron chi connectivity index (χ2n) is 5.20. The van der Waals surface area contributed by atoms with Gasteiger partial charge in [0.15, 0.2) is 0 Å². The molecule has 0 amide bonds. The molecule has 3 heteroatoms. The van der Waals surface area contributed by atoms with Crippen LogP contribution in [0.3, 0.4) is 0 Å². The molecule has 2 aromatic carbocycles. The Labute approximate surface area is 117 Å². The third-order valence-corrected chi connectivity index (χ3v) is 3.40. The van der Waals surface area contributed by atoms with E-state index >= 15 is 0 Å². The van der Waals surface area contributed by atoms with Crippen molar-refractivity contribution in [2.45, 2.75) is 25.9 Å². The second kappa shape index (κ2) is 5.00. The Morgan fingerprint density at radius 1 is 1.15 bits per heavy atom. The first-order valence-corrected chi connectivity index (χ1v) is 6.74. The lowest BCUT2D eigenvalue weighted by Crippen LogP contribution is -2.00. The molecule has 1 aliphatic carbocycles. The van der Waals surface area contributed by atoms with Crippen molar-refractivity contribution >= 4 is 5.97 Å². The van der Waals surface area contributed by atoms with Gasteiger partial charge in [-0.2, -0.15) is 0 Å². The summed E-state index contributed by atoms with van der Waals surface area (Å²) >= 11 is 0. The molecule has 1 saturated carbocycles. The number of aryl methyl sites for hydroxylation is 1. The van der Waals surface area contributed by atoms with Crippen LogP contribution < -0.4 is 4.74 Å². The summed E-state index contributed by atoms with van der Waals surface area (Å²) in [6.45, 7) is 1.89. The highest BCUT2D eigenvalue weighted by atomic mass is 16.5. The van der Waals surface area contributed by atoms with Crippen molar-refractivity contribution in [3.8, 4) is 16.9 Å². The maximum atomic E-state index is 11.3. The van der Waals surface area contributed by atoms with Crippen LogP contribution in [0.4, 0.5) is 0 Å². The van der Waals surface area contributed by atoms with Gasteiger partial charge in [-0.25, -0.2) is 4.79 Å². The van der Waals surface area contributed by atoms with Crippen molar-refractivity contribution in [1.29, 1.82) is 0 Å². The van der Waals surface area contributed by atoms with E-state index in [1.165, 1.54) is 0 Å². The Morgan fingerprint density at radius 2 is 1.85 bits per heavy atom. The van der Waals surface area contributed by atoms with Gasteiger partial charge >= 0.3 is 5.97 Å². The predicted molar refractivity (Wildman–Crippen MR) is 77.2 cm³/mol. The molecule has 102 valence electrons. The molecular formula is C17H16O3. The van der Waals surface area contributed by atoms with Crippen LogP contribution in [0.1, 0.15) is 28.8 Å². The smallest absolute Gasteiger partial charge is 0.336 e. The first kappa shape index (κ1) is 12.7. The molecule has 0 radical (unpaired) electrons. The number of aromatic carboxylic acids is 1. The fourth-order valence-electron chi connectivity index (χ4n) is 2.18. The Morgan fingerprint density at radius 3 is 2.45 bits per heavy atom. The molecular weight excluding hydrogens is 252 g/mol. The molecule has 0 saturated heterocycles. The van der Waals surface area contributed by atoms with Crippen LogP contribution in [0.2, 0.25) is 0 Å². The monoisotopic (exact) mass is 268 g/mol. The number of carboxylic acid groups (broad SMARTS) is 1. The van der Waals surface area contributed by atoms with E-state index in [0.717, 1.165) is 35.3 Å². The van der Waals surface area contributed by atoms with Crippen LogP contribution in [-0.2, 0) is 0 Å². The van der Waals surface area contributed by atoms with Crippen LogP contribution in [0.15, 0.2) is 42.5 Å². The molecule has 0 unspecified atom stereocenters. The molecule has 0 atom stereocenters. The number of benzene rings is 2. The molecule has 1 fully saturated rings. The molecule has 0 spiro atoms. The number of ether oxygens (including phenoxy) is 1. The average molecular weight is 268 g/mol. The van der Waals surface area contributed by atoms with Gasteiger partial charge in [0.05, 0.1) is 11.7 Å². The van der Waals surface area contributed by atoms with Crippen molar-refractivity contribution in [1.82, 2.24) is 0 Å². The molecule has 2 aromatic rings. The van der Waals surface area contributed by atoms with Gasteiger partial charge in [-0.15, -0.1) is 0 Å². The van der Waals surface area contributed by atoms with Gasteiger partial charge in [0.1, 0.15) is 5.75 Å². The summed E-state index contributed by atoms with van der Waals surface area (Å²) in [5.74, 6) is -0.0535. The molecule has 0 aromatic heterocycles. The molecule has 3 nitrogen and oxygen atoms in total. The molecule has 0 heterocycles. The standard InChI is InChI=1S/C17H16O3/c1-11-2-9-15(16(10-11)17(18)19)12-3-5-13(6-4-12)20-14-7-8-14/h2-6,9-10,14H,7-8H2,1H3,(H,18,19). The molecule has 20 heavy (non-hydrogen) atoms. The molecule has 0 bridgehead atoms. The molecule has 3 rings (SSSR count). The summed E-state index contributed by atoms with van der Waals surface area (Å²) in [6, 6.07) is 13.1. The summed E-state index contributed by atoms with van der Waals surface area (Å²) in [7, 11) is 0. The summed E-state index contributed by atoms with van der Waals surface area (Å²) in [5, 5.41) is 9.31. The van der Waals surface area contributed by atoms with Crippen LogP contribution in [-0.4, -0.2) is 17.2 Å². The molecule has 1 N–H and O–H groups in total. The number of hydrogen-bond donors (Lipinski definition) is 1. The highest BCUT2D eigenvalue weighted by Crippen LogP contribution is 2.30. The van der Waals surface area contributed by atoms with Crippen molar-refractivity contribution in [2.24, 2.45) is 0 Å². The average Bonchev–Trinajstić information content (AvgIpc) is 3.24. The quantitative estimate of drug-likeness (QED) is 0.914. The normalized spacial score (nSPS) is 14.1. The number of carboxylic acids is 1. The minimum Gasteiger partial charge on any atom is -0.490 e. The zero-order valence-electron chi connectivity index (χ0n) is 11.3. The fourth-order valence-corrected chi connectivity index (χ4v) is 2.18. The summed E-state index contributed by atoms with van der Waals surface area (Å²) < 4.78 is 5.70. The molecule has 0 aliphatic heterocycles. The van der Waals surface area contributed by atoms with Gasteiger partial charge in [0.25, 0.3) is 0 Å². The predicted octanol–water partition coefficient (Wildman–Crippen LogP) is 3.90. The topological polar surface area (TPSA) is 46.5 Å². The maximum Gasteiger partial charge on any atom is 0.336 e. The third kappa shape index (κ3) is 2.67. The Bertz CT molecular complexity index is 640. The van der Waals surface area contributed by atoms with Gasteiger partial charge in [-0.1, -0.05) is 29.8 Å². The Balaban J connectivity index is 1.93. The van der Waals surface area contributed by atoms with Crippen molar-refractivity contribution in [3.05, 3.63) is 53.6 Å². The first-order chi connectivity index (χ1) is 9.63. The summed E-state index contributed by atoms with van der Waals surface area (Å²) in [4.78, 5) is 11.3. The lowest BCUT2D eigenvalue weighted by atomic mass is 9.98. The minimum atomic E-state index is -0.901.